The number of hydrogen-bond donors (Lipinski definition) is 3. The van der Waals surface area contributed by atoms with Crippen LogP contribution in [0.2, 0.25) is 0 Å². The minimum absolute atomic E-state index is 0.0479. The van der Waals surface area contributed by atoms with Gasteiger partial charge in [-0.3, -0.25) is 14.6 Å². The van der Waals surface area contributed by atoms with Crippen molar-refractivity contribution in [3.63, 3.8) is 0 Å². The van der Waals surface area contributed by atoms with Crippen LogP contribution in [0.3, 0.4) is 0 Å². The molecule has 7 nitrogen and oxygen atoms in total. The Morgan fingerprint density at radius 1 is 1.33 bits per heavy atom. The number of likely N-dealkylation sites (tertiary alicyclic amines) is 1. The van der Waals surface area contributed by atoms with Crippen LogP contribution >= 0.6 is 0 Å². The van der Waals surface area contributed by atoms with Gasteiger partial charge in [0.05, 0.1) is 0 Å². The van der Waals surface area contributed by atoms with Gasteiger partial charge in [0.15, 0.2) is 5.96 Å². The molecule has 24 heavy (non-hydrogen) atoms. The Balaban J connectivity index is 1.81. The Hall–Kier alpha value is -1.79. The van der Waals surface area contributed by atoms with Crippen LogP contribution in [0.1, 0.15) is 40.0 Å². The van der Waals surface area contributed by atoms with E-state index >= 15 is 0 Å². The van der Waals surface area contributed by atoms with Gasteiger partial charge in [0.25, 0.3) is 0 Å². The highest BCUT2D eigenvalue weighted by molar-refractivity contribution is 5.82. The highest BCUT2D eigenvalue weighted by Gasteiger charge is 2.42. The van der Waals surface area contributed by atoms with Crippen molar-refractivity contribution < 1.29 is 9.59 Å². The van der Waals surface area contributed by atoms with Crippen molar-refractivity contribution in [3.8, 4) is 0 Å². The van der Waals surface area contributed by atoms with Crippen molar-refractivity contribution in [3.05, 3.63) is 0 Å². The SMILES string of the molecule is CN=C(NCCNC(=O)C(C)(C)C)N1CCCC2(CNC(=O)C2)C1. The van der Waals surface area contributed by atoms with Crippen molar-refractivity contribution in [2.24, 2.45) is 15.8 Å². The summed E-state index contributed by atoms with van der Waals surface area (Å²) in [5.74, 6) is 1.05. The minimum atomic E-state index is -0.372. The molecule has 0 bridgehead atoms. The molecule has 1 spiro atoms. The average Bonchev–Trinajstić information content (AvgIpc) is 2.86. The lowest BCUT2D eigenvalue weighted by Crippen LogP contribution is -2.52. The number of rotatable bonds is 3. The summed E-state index contributed by atoms with van der Waals surface area (Å²) in [5.41, 5.74) is -0.323. The topological polar surface area (TPSA) is 85.8 Å². The molecule has 0 aromatic heterocycles. The van der Waals surface area contributed by atoms with Crippen LogP contribution in [0.15, 0.2) is 4.99 Å². The molecule has 3 N–H and O–H groups in total. The van der Waals surface area contributed by atoms with E-state index in [1.54, 1.807) is 7.05 Å². The van der Waals surface area contributed by atoms with E-state index in [0.717, 1.165) is 38.4 Å². The van der Waals surface area contributed by atoms with E-state index in [4.69, 9.17) is 0 Å². The maximum atomic E-state index is 11.9. The van der Waals surface area contributed by atoms with Gasteiger partial charge in [-0.25, -0.2) is 0 Å². The molecule has 0 aromatic carbocycles. The third-order valence-corrected chi connectivity index (χ3v) is 4.74. The summed E-state index contributed by atoms with van der Waals surface area (Å²) in [7, 11) is 1.77. The Bertz CT molecular complexity index is 512. The Labute approximate surface area is 144 Å². The van der Waals surface area contributed by atoms with Gasteiger partial charge in [-0.05, 0) is 12.8 Å². The fraction of sp³-hybridized carbons (Fsp3) is 0.824. The zero-order chi connectivity index (χ0) is 17.8. The maximum Gasteiger partial charge on any atom is 0.225 e. The number of nitrogens with one attached hydrogen (secondary N) is 3. The molecule has 0 aliphatic carbocycles. The number of guanidine groups is 1. The van der Waals surface area contributed by atoms with Crippen molar-refractivity contribution in [1.82, 2.24) is 20.9 Å². The Morgan fingerprint density at radius 2 is 2.04 bits per heavy atom. The van der Waals surface area contributed by atoms with Gasteiger partial charge < -0.3 is 20.9 Å². The minimum Gasteiger partial charge on any atom is -0.355 e. The average molecular weight is 337 g/mol. The van der Waals surface area contributed by atoms with E-state index in [2.05, 4.69) is 25.8 Å². The molecule has 1 unspecified atom stereocenters. The number of carbonyl (C=O) groups excluding carboxylic acids is 2. The number of aliphatic imine (C=N–C) groups is 1. The molecular weight excluding hydrogens is 306 g/mol. The molecule has 2 rings (SSSR count). The molecule has 2 saturated heterocycles. The molecule has 2 aliphatic rings. The standard InChI is InChI=1S/C17H31N5O2/c1-16(2,3)14(24)19-7-8-20-15(18-4)22-9-5-6-17(12-22)10-13(23)21-11-17/h5-12H2,1-4H3,(H,18,20)(H,19,24)(H,21,23). The summed E-state index contributed by atoms with van der Waals surface area (Å²) in [4.78, 5) is 30.1. The predicted molar refractivity (Wildman–Crippen MR) is 94.7 cm³/mol. The molecule has 0 radical (unpaired) electrons. The monoisotopic (exact) mass is 337 g/mol. The second-order valence-corrected chi connectivity index (χ2v) is 7.96. The number of amides is 2. The van der Waals surface area contributed by atoms with Crippen LogP contribution in [-0.4, -0.2) is 62.4 Å². The van der Waals surface area contributed by atoms with E-state index in [-0.39, 0.29) is 22.6 Å². The van der Waals surface area contributed by atoms with E-state index in [0.29, 0.717) is 19.5 Å². The van der Waals surface area contributed by atoms with Crippen LogP contribution in [0, 0.1) is 10.8 Å². The third kappa shape index (κ3) is 4.61. The van der Waals surface area contributed by atoms with Crippen molar-refractivity contribution in [2.45, 2.75) is 40.0 Å². The fourth-order valence-electron chi connectivity index (χ4n) is 3.38. The molecule has 2 fully saturated rings. The van der Waals surface area contributed by atoms with Gasteiger partial charge in [0, 0.05) is 57.0 Å². The van der Waals surface area contributed by atoms with E-state index in [1.807, 2.05) is 20.8 Å². The van der Waals surface area contributed by atoms with Crippen molar-refractivity contribution in [1.29, 1.82) is 0 Å². The molecule has 1 atom stereocenters. The number of piperidine rings is 1. The van der Waals surface area contributed by atoms with Gasteiger partial charge in [-0.15, -0.1) is 0 Å². The molecule has 0 aromatic rings. The summed E-state index contributed by atoms with van der Waals surface area (Å²) < 4.78 is 0. The Kier molecular flexibility index (Phi) is 5.72. The van der Waals surface area contributed by atoms with Crippen molar-refractivity contribution >= 4 is 17.8 Å². The first kappa shape index (κ1) is 18.5. The summed E-state index contributed by atoms with van der Waals surface area (Å²) in [6.45, 7) is 9.46. The maximum absolute atomic E-state index is 11.9. The zero-order valence-corrected chi connectivity index (χ0v) is 15.4. The number of carbonyl (C=O) groups is 2. The highest BCUT2D eigenvalue weighted by Crippen LogP contribution is 2.35. The summed E-state index contributed by atoms with van der Waals surface area (Å²) in [6, 6.07) is 0. The van der Waals surface area contributed by atoms with E-state index in [1.165, 1.54) is 0 Å². The van der Waals surface area contributed by atoms with Crippen LogP contribution in [0.4, 0.5) is 0 Å². The largest absolute Gasteiger partial charge is 0.355 e. The second kappa shape index (κ2) is 7.40. The number of hydrogen-bond acceptors (Lipinski definition) is 3. The molecule has 2 amide bonds. The Morgan fingerprint density at radius 3 is 2.62 bits per heavy atom. The zero-order valence-electron chi connectivity index (χ0n) is 15.4. The molecule has 136 valence electrons. The van der Waals surface area contributed by atoms with Gasteiger partial charge >= 0.3 is 0 Å². The first-order chi connectivity index (χ1) is 11.3. The molecular formula is C17H31N5O2. The molecule has 7 heteroatoms. The van der Waals surface area contributed by atoms with Gasteiger partial charge in [0.2, 0.25) is 11.8 Å². The summed E-state index contributed by atoms with van der Waals surface area (Å²) >= 11 is 0. The lowest BCUT2D eigenvalue weighted by atomic mass is 9.79. The molecule has 2 aliphatic heterocycles. The first-order valence-corrected chi connectivity index (χ1v) is 8.76. The lowest BCUT2D eigenvalue weighted by molar-refractivity contribution is -0.128. The van der Waals surface area contributed by atoms with Crippen LogP contribution < -0.4 is 16.0 Å². The quantitative estimate of drug-likeness (QED) is 0.393. The van der Waals surface area contributed by atoms with E-state index in [9.17, 15) is 9.59 Å². The fourth-order valence-corrected chi connectivity index (χ4v) is 3.38. The highest BCUT2D eigenvalue weighted by atomic mass is 16.2. The number of nitrogens with zero attached hydrogens (tertiary/aromatic N) is 2. The molecule has 2 heterocycles. The van der Waals surface area contributed by atoms with Crippen LogP contribution in [0.25, 0.3) is 0 Å². The van der Waals surface area contributed by atoms with Gasteiger partial charge in [-0.2, -0.15) is 0 Å². The predicted octanol–water partition coefficient (Wildman–Crippen LogP) is 0.326. The van der Waals surface area contributed by atoms with Crippen molar-refractivity contribution in [2.75, 3.05) is 39.8 Å². The van der Waals surface area contributed by atoms with Gasteiger partial charge in [0.1, 0.15) is 0 Å². The summed E-state index contributed by atoms with van der Waals surface area (Å²) in [6.07, 6.45) is 2.76. The summed E-state index contributed by atoms with van der Waals surface area (Å²) in [5, 5.41) is 9.21. The lowest BCUT2D eigenvalue weighted by Gasteiger charge is -2.40. The normalized spacial score (nSPS) is 24.9. The van der Waals surface area contributed by atoms with Crippen LogP contribution in [-0.2, 0) is 9.59 Å². The van der Waals surface area contributed by atoms with Crippen LogP contribution in [0.5, 0.6) is 0 Å². The van der Waals surface area contributed by atoms with E-state index < -0.39 is 0 Å². The van der Waals surface area contributed by atoms with Gasteiger partial charge in [-0.1, -0.05) is 20.8 Å². The smallest absolute Gasteiger partial charge is 0.225 e. The third-order valence-electron chi connectivity index (χ3n) is 4.74. The second-order valence-electron chi connectivity index (χ2n) is 7.96. The molecule has 0 saturated carbocycles. The first-order valence-electron chi connectivity index (χ1n) is 8.76.